The summed E-state index contributed by atoms with van der Waals surface area (Å²) in [5, 5.41) is 21.6. The Balaban J connectivity index is 2.42. The quantitative estimate of drug-likeness (QED) is 0.328. The minimum Gasteiger partial charge on any atom is -0.409 e. The zero-order valence-corrected chi connectivity index (χ0v) is 13.6. The Kier molecular flexibility index (Phi) is 5.87. The Hall–Kier alpha value is -1.27. The molecule has 2 rings (SSSR count). The standard InChI is InChI=1S/C15H22BrN3O2/c16-12-7-4-8-13(14(12)15(17)18-21)19(9-10-20)11-5-2-1-3-6-11/h4,7-8,11,20-21H,1-3,5-6,9-10H2,(H2,17,18). The highest BCUT2D eigenvalue weighted by Gasteiger charge is 2.24. The van der Waals surface area contributed by atoms with Gasteiger partial charge in [-0.3, -0.25) is 0 Å². The van der Waals surface area contributed by atoms with Gasteiger partial charge in [-0.05, 0) is 40.9 Å². The maximum atomic E-state index is 9.42. The monoisotopic (exact) mass is 355 g/mol. The predicted molar refractivity (Wildman–Crippen MR) is 88.0 cm³/mol. The fraction of sp³-hybridized carbons (Fsp3) is 0.533. The van der Waals surface area contributed by atoms with Gasteiger partial charge in [-0.25, -0.2) is 0 Å². The van der Waals surface area contributed by atoms with Crippen LogP contribution >= 0.6 is 15.9 Å². The molecule has 4 N–H and O–H groups in total. The number of aliphatic hydroxyl groups is 1. The van der Waals surface area contributed by atoms with Crippen LogP contribution in [0.1, 0.15) is 37.7 Å². The van der Waals surface area contributed by atoms with Gasteiger partial charge in [0.15, 0.2) is 5.84 Å². The average Bonchev–Trinajstić information content (AvgIpc) is 2.52. The molecule has 0 saturated heterocycles. The molecular formula is C15H22BrN3O2. The Bertz CT molecular complexity index is 502. The number of anilines is 1. The number of benzene rings is 1. The number of rotatable bonds is 5. The number of halogens is 1. The SMILES string of the molecule is N/C(=N/O)c1c(Br)cccc1N(CCO)C1CCCCC1. The van der Waals surface area contributed by atoms with Crippen LogP contribution in [-0.2, 0) is 0 Å². The van der Waals surface area contributed by atoms with Gasteiger partial charge in [-0.1, -0.05) is 30.5 Å². The van der Waals surface area contributed by atoms with E-state index in [1.165, 1.54) is 19.3 Å². The van der Waals surface area contributed by atoms with E-state index in [4.69, 9.17) is 10.9 Å². The Labute approximate surface area is 133 Å². The lowest BCUT2D eigenvalue weighted by atomic mass is 9.93. The smallest absolute Gasteiger partial charge is 0.173 e. The molecule has 0 aromatic heterocycles. The van der Waals surface area contributed by atoms with E-state index in [0.29, 0.717) is 18.2 Å². The van der Waals surface area contributed by atoms with Gasteiger partial charge in [0, 0.05) is 22.7 Å². The molecule has 5 nitrogen and oxygen atoms in total. The summed E-state index contributed by atoms with van der Waals surface area (Å²) in [6.07, 6.45) is 5.91. The molecule has 1 aliphatic rings. The zero-order valence-electron chi connectivity index (χ0n) is 12.0. The van der Waals surface area contributed by atoms with Crippen LogP contribution in [0.3, 0.4) is 0 Å². The van der Waals surface area contributed by atoms with Crippen molar-refractivity contribution in [2.24, 2.45) is 10.9 Å². The van der Waals surface area contributed by atoms with E-state index in [2.05, 4.69) is 26.0 Å². The van der Waals surface area contributed by atoms with Crippen LogP contribution in [0.25, 0.3) is 0 Å². The molecule has 0 unspecified atom stereocenters. The van der Waals surface area contributed by atoms with E-state index < -0.39 is 0 Å². The molecule has 1 aliphatic carbocycles. The maximum absolute atomic E-state index is 9.42. The first-order chi connectivity index (χ1) is 10.2. The predicted octanol–water partition coefficient (Wildman–Crippen LogP) is 2.68. The number of hydrogen-bond acceptors (Lipinski definition) is 4. The van der Waals surface area contributed by atoms with Crippen LogP contribution in [0.5, 0.6) is 0 Å². The molecule has 0 spiro atoms. The topological polar surface area (TPSA) is 82.1 Å². The van der Waals surface area contributed by atoms with Crippen molar-refractivity contribution in [1.29, 1.82) is 0 Å². The van der Waals surface area contributed by atoms with Gasteiger partial charge >= 0.3 is 0 Å². The number of hydrogen-bond donors (Lipinski definition) is 3. The van der Waals surface area contributed by atoms with Crippen molar-refractivity contribution in [3.8, 4) is 0 Å². The lowest BCUT2D eigenvalue weighted by Crippen LogP contribution is -2.40. The minimum absolute atomic E-state index is 0.0798. The van der Waals surface area contributed by atoms with Crippen LogP contribution < -0.4 is 10.6 Å². The fourth-order valence-corrected chi connectivity index (χ4v) is 3.61. The summed E-state index contributed by atoms with van der Waals surface area (Å²) in [6, 6.07) is 6.16. The molecule has 6 heteroatoms. The Morgan fingerprint density at radius 2 is 2.05 bits per heavy atom. The maximum Gasteiger partial charge on any atom is 0.173 e. The molecule has 21 heavy (non-hydrogen) atoms. The molecule has 1 fully saturated rings. The summed E-state index contributed by atoms with van der Waals surface area (Å²) in [4.78, 5) is 2.19. The van der Waals surface area contributed by atoms with Gasteiger partial charge in [-0.15, -0.1) is 0 Å². The summed E-state index contributed by atoms with van der Waals surface area (Å²) in [5.41, 5.74) is 7.42. The molecular weight excluding hydrogens is 334 g/mol. The minimum atomic E-state index is 0.0798. The number of oxime groups is 1. The van der Waals surface area contributed by atoms with E-state index in [0.717, 1.165) is 23.0 Å². The van der Waals surface area contributed by atoms with Gasteiger partial charge in [0.25, 0.3) is 0 Å². The summed E-state index contributed by atoms with van der Waals surface area (Å²) < 4.78 is 0.786. The highest BCUT2D eigenvalue weighted by atomic mass is 79.9. The van der Waals surface area contributed by atoms with Crippen molar-refractivity contribution < 1.29 is 10.3 Å². The van der Waals surface area contributed by atoms with E-state index in [9.17, 15) is 5.11 Å². The van der Waals surface area contributed by atoms with E-state index in [-0.39, 0.29) is 12.4 Å². The van der Waals surface area contributed by atoms with Crippen molar-refractivity contribution in [3.63, 3.8) is 0 Å². The molecule has 0 aliphatic heterocycles. The molecule has 1 saturated carbocycles. The fourth-order valence-electron chi connectivity index (χ4n) is 3.06. The van der Waals surface area contributed by atoms with Crippen molar-refractivity contribution in [2.45, 2.75) is 38.1 Å². The largest absolute Gasteiger partial charge is 0.409 e. The summed E-state index contributed by atoms with van der Waals surface area (Å²) in [6.45, 7) is 0.630. The molecule has 0 amide bonds. The lowest BCUT2D eigenvalue weighted by Gasteiger charge is -2.37. The second kappa shape index (κ2) is 7.66. The van der Waals surface area contributed by atoms with E-state index in [1.807, 2.05) is 18.2 Å². The third-order valence-electron chi connectivity index (χ3n) is 4.02. The van der Waals surface area contributed by atoms with Crippen molar-refractivity contribution >= 4 is 27.5 Å². The van der Waals surface area contributed by atoms with Gasteiger partial charge in [0.05, 0.1) is 12.2 Å². The Morgan fingerprint density at radius 3 is 2.67 bits per heavy atom. The lowest BCUT2D eigenvalue weighted by molar-refractivity contribution is 0.290. The number of nitrogens with zero attached hydrogens (tertiary/aromatic N) is 2. The summed E-state index contributed by atoms with van der Waals surface area (Å²) in [5.74, 6) is 0.0798. The first kappa shape index (κ1) is 16.1. The molecule has 1 aromatic carbocycles. The molecule has 0 radical (unpaired) electrons. The van der Waals surface area contributed by atoms with Crippen molar-refractivity contribution in [3.05, 3.63) is 28.2 Å². The van der Waals surface area contributed by atoms with Gasteiger partial charge in [0.1, 0.15) is 0 Å². The molecule has 0 atom stereocenters. The van der Waals surface area contributed by atoms with Crippen LogP contribution in [-0.4, -0.2) is 35.3 Å². The van der Waals surface area contributed by atoms with Crippen LogP contribution in [0.4, 0.5) is 5.69 Å². The van der Waals surface area contributed by atoms with Crippen molar-refractivity contribution in [2.75, 3.05) is 18.1 Å². The highest BCUT2D eigenvalue weighted by molar-refractivity contribution is 9.10. The van der Waals surface area contributed by atoms with Gasteiger partial charge in [-0.2, -0.15) is 0 Å². The summed E-state index contributed by atoms with van der Waals surface area (Å²) >= 11 is 3.47. The third-order valence-corrected chi connectivity index (χ3v) is 4.68. The molecule has 116 valence electrons. The average molecular weight is 356 g/mol. The molecule has 0 bridgehead atoms. The van der Waals surface area contributed by atoms with E-state index in [1.54, 1.807) is 0 Å². The van der Waals surface area contributed by atoms with Crippen molar-refractivity contribution in [1.82, 2.24) is 0 Å². The second-order valence-electron chi connectivity index (χ2n) is 5.33. The van der Waals surface area contributed by atoms with Crippen LogP contribution in [0.2, 0.25) is 0 Å². The third kappa shape index (κ3) is 3.68. The second-order valence-corrected chi connectivity index (χ2v) is 6.18. The highest BCUT2D eigenvalue weighted by Crippen LogP contribution is 2.32. The van der Waals surface area contributed by atoms with Crippen LogP contribution in [0.15, 0.2) is 27.8 Å². The number of amidine groups is 1. The molecule has 0 heterocycles. The first-order valence-corrected chi connectivity index (χ1v) is 8.12. The molecule has 1 aromatic rings. The number of aliphatic hydroxyl groups excluding tert-OH is 1. The summed E-state index contributed by atoms with van der Waals surface area (Å²) in [7, 11) is 0. The van der Waals surface area contributed by atoms with Gasteiger partial charge < -0.3 is 20.9 Å². The van der Waals surface area contributed by atoms with Crippen LogP contribution in [0, 0.1) is 0 Å². The van der Waals surface area contributed by atoms with E-state index >= 15 is 0 Å². The number of nitrogens with two attached hydrogens (primary N) is 1. The zero-order chi connectivity index (χ0) is 15.2. The normalized spacial score (nSPS) is 17.0. The van der Waals surface area contributed by atoms with Gasteiger partial charge in [0.2, 0.25) is 0 Å². The first-order valence-electron chi connectivity index (χ1n) is 7.33. The Morgan fingerprint density at radius 1 is 1.33 bits per heavy atom.